The predicted molar refractivity (Wildman–Crippen MR) is 90.0 cm³/mol. The summed E-state index contributed by atoms with van der Waals surface area (Å²) < 4.78 is 5.37. The molecule has 0 atom stereocenters. The number of amides is 2. The zero-order chi connectivity index (χ0) is 17.0. The number of hydrogen-bond acceptors (Lipinski definition) is 3. The van der Waals surface area contributed by atoms with Gasteiger partial charge in [0.15, 0.2) is 6.61 Å². The summed E-state index contributed by atoms with van der Waals surface area (Å²) in [6, 6.07) is 10.1. The van der Waals surface area contributed by atoms with Crippen molar-refractivity contribution < 1.29 is 14.3 Å². The number of benzene rings is 2. The van der Waals surface area contributed by atoms with Crippen molar-refractivity contribution in [3.63, 3.8) is 0 Å². The molecule has 5 nitrogen and oxygen atoms in total. The van der Waals surface area contributed by atoms with Gasteiger partial charge in [0.2, 0.25) is 0 Å². The maximum atomic E-state index is 12.0. The maximum Gasteiger partial charge on any atom is 0.262 e. The molecule has 0 aliphatic heterocycles. The minimum Gasteiger partial charge on any atom is -0.483 e. The van der Waals surface area contributed by atoms with Gasteiger partial charge in [-0.1, -0.05) is 17.7 Å². The molecule has 0 aliphatic rings. The van der Waals surface area contributed by atoms with Crippen molar-refractivity contribution in [2.75, 3.05) is 11.9 Å². The highest BCUT2D eigenvalue weighted by atomic mass is 35.5. The first-order chi connectivity index (χ1) is 10.9. The molecule has 0 fully saturated rings. The smallest absolute Gasteiger partial charge is 0.262 e. The molecule has 2 aromatic carbocycles. The monoisotopic (exact) mass is 332 g/mol. The number of halogens is 1. The van der Waals surface area contributed by atoms with Crippen molar-refractivity contribution in [3.8, 4) is 5.75 Å². The third kappa shape index (κ3) is 4.47. The van der Waals surface area contributed by atoms with E-state index >= 15 is 0 Å². The highest BCUT2D eigenvalue weighted by Crippen LogP contribution is 2.22. The Morgan fingerprint density at radius 2 is 1.87 bits per heavy atom. The number of primary amides is 1. The number of carbonyl (C=O) groups excluding carboxylic acids is 2. The fourth-order valence-corrected chi connectivity index (χ4v) is 2.15. The van der Waals surface area contributed by atoms with E-state index in [-0.39, 0.29) is 23.8 Å². The van der Waals surface area contributed by atoms with Crippen LogP contribution in [0.1, 0.15) is 21.5 Å². The van der Waals surface area contributed by atoms with E-state index in [0.29, 0.717) is 10.7 Å². The van der Waals surface area contributed by atoms with E-state index in [9.17, 15) is 9.59 Å². The lowest BCUT2D eigenvalue weighted by atomic mass is 10.1. The zero-order valence-electron chi connectivity index (χ0n) is 12.9. The summed E-state index contributed by atoms with van der Waals surface area (Å²) in [5, 5.41) is 3.10. The molecule has 0 unspecified atom stereocenters. The maximum absolute atomic E-state index is 12.0. The summed E-state index contributed by atoms with van der Waals surface area (Å²) in [4.78, 5) is 23.3. The van der Waals surface area contributed by atoms with Crippen molar-refractivity contribution in [2.24, 2.45) is 5.73 Å². The summed E-state index contributed by atoms with van der Waals surface area (Å²) in [5.41, 5.74) is 8.32. The molecule has 120 valence electrons. The Morgan fingerprint density at radius 1 is 1.13 bits per heavy atom. The van der Waals surface area contributed by atoms with Gasteiger partial charge >= 0.3 is 0 Å². The second-order valence-electron chi connectivity index (χ2n) is 5.14. The van der Waals surface area contributed by atoms with Gasteiger partial charge in [0.25, 0.3) is 11.8 Å². The Labute approximate surface area is 139 Å². The average Bonchev–Trinajstić information content (AvgIpc) is 2.49. The fraction of sp³-hybridized carbons (Fsp3) is 0.176. The van der Waals surface area contributed by atoms with Gasteiger partial charge in [-0.2, -0.15) is 0 Å². The van der Waals surface area contributed by atoms with Crippen molar-refractivity contribution in [2.45, 2.75) is 13.8 Å². The van der Waals surface area contributed by atoms with Gasteiger partial charge in [-0.3, -0.25) is 9.59 Å². The first-order valence-corrected chi connectivity index (χ1v) is 7.34. The average molecular weight is 333 g/mol. The Morgan fingerprint density at radius 3 is 2.52 bits per heavy atom. The van der Waals surface area contributed by atoms with E-state index < -0.39 is 5.91 Å². The molecule has 2 rings (SSSR count). The molecule has 0 saturated carbocycles. The van der Waals surface area contributed by atoms with Gasteiger partial charge in [-0.25, -0.2) is 0 Å². The molecule has 0 aromatic heterocycles. The standard InChI is InChI=1S/C17H17ClN2O3/c1-10-3-5-13(7-11(10)2)20-16(21)9-23-15-6-4-12(18)8-14(15)17(19)22/h3-8H,9H2,1-2H3,(H2,19,22)(H,20,21). The normalized spacial score (nSPS) is 10.2. The van der Waals surface area contributed by atoms with Crippen molar-refractivity contribution >= 4 is 29.1 Å². The lowest BCUT2D eigenvalue weighted by molar-refractivity contribution is -0.118. The largest absolute Gasteiger partial charge is 0.483 e. The first-order valence-electron chi connectivity index (χ1n) is 6.96. The summed E-state index contributed by atoms with van der Waals surface area (Å²) in [5.74, 6) is -0.784. The van der Waals surface area contributed by atoms with Crippen LogP contribution in [0.5, 0.6) is 5.75 Å². The minimum atomic E-state index is -0.669. The highest BCUT2D eigenvalue weighted by molar-refractivity contribution is 6.31. The van der Waals surface area contributed by atoms with Crippen molar-refractivity contribution in [3.05, 3.63) is 58.1 Å². The van der Waals surface area contributed by atoms with Gasteiger partial charge in [0.05, 0.1) is 5.56 Å². The van der Waals surface area contributed by atoms with Crippen LogP contribution < -0.4 is 15.8 Å². The second kappa shape index (κ2) is 7.15. The molecule has 6 heteroatoms. The third-order valence-corrected chi connectivity index (χ3v) is 3.59. The molecule has 0 saturated heterocycles. The number of ether oxygens (including phenoxy) is 1. The van der Waals surface area contributed by atoms with E-state index in [4.69, 9.17) is 22.1 Å². The quantitative estimate of drug-likeness (QED) is 0.882. The molecule has 2 aromatic rings. The van der Waals surface area contributed by atoms with Crippen molar-refractivity contribution in [1.82, 2.24) is 0 Å². The summed E-state index contributed by atoms with van der Waals surface area (Å²) >= 11 is 5.82. The number of carbonyl (C=O) groups is 2. The summed E-state index contributed by atoms with van der Waals surface area (Å²) in [6.07, 6.45) is 0. The van der Waals surface area contributed by atoms with Crippen LogP contribution in [0.15, 0.2) is 36.4 Å². The van der Waals surface area contributed by atoms with Crippen LogP contribution >= 0.6 is 11.6 Å². The molecule has 0 spiro atoms. The van der Waals surface area contributed by atoms with Crippen molar-refractivity contribution in [1.29, 1.82) is 0 Å². The van der Waals surface area contributed by atoms with E-state index in [1.54, 1.807) is 6.07 Å². The van der Waals surface area contributed by atoms with E-state index in [2.05, 4.69) is 5.32 Å². The predicted octanol–water partition coefficient (Wildman–Crippen LogP) is 3.07. The molecule has 0 aliphatic carbocycles. The molecule has 3 N–H and O–H groups in total. The Bertz CT molecular complexity index is 759. The number of rotatable bonds is 5. The van der Waals surface area contributed by atoms with E-state index in [0.717, 1.165) is 11.1 Å². The molecular weight excluding hydrogens is 316 g/mol. The number of aryl methyl sites for hydroxylation is 2. The third-order valence-electron chi connectivity index (χ3n) is 3.36. The highest BCUT2D eigenvalue weighted by Gasteiger charge is 2.12. The number of nitrogens with one attached hydrogen (secondary N) is 1. The first kappa shape index (κ1) is 16.8. The van der Waals surface area contributed by atoms with Crippen LogP contribution in [-0.2, 0) is 4.79 Å². The van der Waals surface area contributed by atoms with Gasteiger partial charge in [-0.15, -0.1) is 0 Å². The van der Waals surface area contributed by atoms with Gasteiger partial charge in [0, 0.05) is 10.7 Å². The zero-order valence-corrected chi connectivity index (χ0v) is 13.6. The lowest BCUT2D eigenvalue weighted by Gasteiger charge is -2.11. The van der Waals surface area contributed by atoms with Gasteiger partial charge < -0.3 is 15.8 Å². The minimum absolute atomic E-state index is 0.136. The van der Waals surface area contributed by atoms with E-state index in [1.807, 2.05) is 32.0 Å². The van der Waals surface area contributed by atoms with Crippen LogP contribution in [0, 0.1) is 13.8 Å². The van der Waals surface area contributed by atoms with Crippen LogP contribution in [-0.4, -0.2) is 18.4 Å². The second-order valence-corrected chi connectivity index (χ2v) is 5.58. The molecular formula is C17H17ClN2O3. The van der Waals surface area contributed by atoms with E-state index in [1.165, 1.54) is 12.1 Å². The van der Waals surface area contributed by atoms with Crippen LogP contribution in [0.25, 0.3) is 0 Å². The number of nitrogens with two attached hydrogens (primary N) is 1. The summed E-state index contributed by atoms with van der Waals surface area (Å²) in [7, 11) is 0. The number of anilines is 1. The van der Waals surface area contributed by atoms with Crippen LogP contribution in [0.4, 0.5) is 5.69 Å². The lowest BCUT2D eigenvalue weighted by Crippen LogP contribution is -2.21. The van der Waals surface area contributed by atoms with Crippen LogP contribution in [0.2, 0.25) is 5.02 Å². The molecule has 0 radical (unpaired) electrons. The van der Waals surface area contributed by atoms with Crippen LogP contribution in [0.3, 0.4) is 0 Å². The summed E-state index contributed by atoms with van der Waals surface area (Å²) in [6.45, 7) is 3.72. The Kier molecular flexibility index (Phi) is 5.24. The van der Waals surface area contributed by atoms with Gasteiger partial charge in [0.1, 0.15) is 5.75 Å². The van der Waals surface area contributed by atoms with Gasteiger partial charge in [-0.05, 0) is 55.3 Å². The molecule has 0 bridgehead atoms. The Hall–Kier alpha value is -2.53. The molecule has 0 heterocycles. The SMILES string of the molecule is Cc1ccc(NC(=O)COc2ccc(Cl)cc2C(N)=O)cc1C. The molecule has 23 heavy (non-hydrogen) atoms. The topological polar surface area (TPSA) is 81.4 Å². The number of hydrogen-bond donors (Lipinski definition) is 2. The Balaban J connectivity index is 2.02. The molecule has 2 amide bonds. The fourth-order valence-electron chi connectivity index (χ4n) is 1.98.